The van der Waals surface area contributed by atoms with Crippen molar-refractivity contribution in [3.8, 4) is 5.75 Å². The van der Waals surface area contributed by atoms with E-state index >= 15 is 0 Å². The van der Waals surface area contributed by atoms with E-state index in [-0.39, 0.29) is 17.7 Å². The summed E-state index contributed by atoms with van der Waals surface area (Å²) in [6.45, 7) is 0.512. The number of nitrogens with one attached hydrogen (secondary N) is 1. The third-order valence-electron chi connectivity index (χ3n) is 2.86. The van der Waals surface area contributed by atoms with Gasteiger partial charge in [-0.3, -0.25) is 4.79 Å². The van der Waals surface area contributed by atoms with Gasteiger partial charge in [-0.05, 0) is 24.1 Å². The van der Waals surface area contributed by atoms with Gasteiger partial charge in [-0.15, -0.1) is 0 Å². The van der Waals surface area contributed by atoms with Crippen LogP contribution in [0.3, 0.4) is 0 Å². The Bertz CT molecular complexity index is 448. The maximum Gasteiger partial charge on any atom is 0.252 e. The molecule has 0 fully saturated rings. The van der Waals surface area contributed by atoms with Crippen molar-refractivity contribution in [2.24, 2.45) is 0 Å². The zero-order valence-corrected chi connectivity index (χ0v) is 9.75. The Morgan fingerprint density at radius 2 is 2.18 bits per heavy atom. The molecule has 2 rings (SSSR count). The minimum Gasteiger partial charge on any atom is -0.494 e. The Morgan fingerprint density at radius 1 is 1.41 bits per heavy atom. The SMILES string of the molecule is COCCC1NC(=O)c2cc(OC)c(F)cc21. The molecule has 4 nitrogen and oxygen atoms in total. The first-order chi connectivity index (χ1) is 8.17. The van der Waals surface area contributed by atoms with E-state index in [2.05, 4.69) is 5.32 Å². The summed E-state index contributed by atoms with van der Waals surface area (Å²) in [5.41, 5.74) is 1.15. The van der Waals surface area contributed by atoms with Crippen molar-refractivity contribution in [1.29, 1.82) is 0 Å². The van der Waals surface area contributed by atoms with Gasteiger partial charge in [0, 0.05) is 19.3 Å². The predicted molar refractivity (Wildman–Crippen MR) is 59.7 cm³/mol. The fraction of sp³-hybridized carbons (Fsp3) is 0.417. The van der Waals surface area contributed by atoms with Crippen LogP contribution in [0.2, 0.25) is 0 Å². The van der Waals surface area contributed by atoms with Crippen LogP contribution in [0.5, 0.6) is 5.75 Å². The highest BCUT2D eigenvalue weighted by Crippen LogP contribution is 2.32. The molecule has 0 bridgehead atoms. The monoisotopic (exact) mass is 239 g/mol. The van der Waals surface area contributed by atoms with E-state index in [4.69, 9.17) is 9.47 Å². The molecule has 1 aliphatic rings. The Balaban J connectivity index is 2.34. The molecule has 17 heavy (non-hydrogen) atoms. The number of halogens is 1. The lowest BCUT2D eigenvalue weighted by Gasteiger charge is -2.11. The van der Waals surface area contributed by atoms with Crippen LogP contribution in [0, 0.1) is 5.82 Å². The van der Waals surface area contributed by atoms with Crippen molar-refractivity contribution in [3.63, 3.8) is 0 Å². The molecule has 0 saturated carbocycles. The van der Waals surface area contributed by atoms with Crippen LogP contribution in [-0.4, -0.2) is 26.7 Å². The number of rotatable bonds is 4. The van der Waals surface area contributed by atoms with Crippen LogP contribution < -0.4 is 10.1 Å². The van der Waals surface area contributed by atoms with E-state index in [9.17, 15) is 9.18 Å². The molecule has 1 unspecified atom stereocenters. The van der Waals surface area contributed by atoms with Gasteiger partial charge in [0.2, 0.25) is 0 Å². The lowest BCUT2D eigenvalue weighted by molar-refractivity contribution is 0.0948. The largest absolute Gasteiger partial charge is 0.494 e. The Morgan fingerprint density at radius 3 is 2.82 bits per heavy atom. The normalized spacial score (nSPS) is 17.8. The Labute approximate surface area is 98.7 Å². The van der Waals surface area contributed by atoms with Crippen molar-refractivity contribution >= 4 is 5.91 Å². The zero-order chi connectivity index (χ0) is 12.4. The average molecular weight is 239 g/mol. The van der Waals surface area contributed by atoms with Crippen molar-refractivity contribution in [2.75, 3.05) is 20.8 Å². The molecule has 1 aliphatic heterocycles. The van der Waals surface area contributed by atoms with E-state index in [1.807, 2.05) is 0 Å². The number of hydrogen-bond acceptors (Lipinski definition) is 3. The van der Waals surface area contributed by atoms with Gasteiger partial charge in [-0.2, -0.15) is 0 Å². The highest BCUT2D eigenvalue weighted by Gasteiger charge is 2.29. The summed E-state index contributed by atoms with van der Waals surface area (Å²) in [4.78, 5) is 11.7. The maximum absolute atomic E-state index is 13.6. The van der Waals surface area contributed by atoms with E-state index in [1.54, 1.807) is 7.11 Å². The summed E-state index contributed by atoms with van der Waals surface area (Å²) in [5, 5.41) is 2.79. The highest BCUT2D eigenvalue weighted by molar-refractivity contribution is 5.99. The molecule has 1 aromatic rings. The van der Waals surface area contributed by atoms with Gasteiger partial charge in [0.15, 0.2) is 11.6 Å². The van der Waals surface area contributed by atoms with Crippen molar-refractivity contribution in [2.45, 2.75) is 12.5 Å². The zero-order valence-electron chi connectivity index (χ0n) is 9.75. The fourth-order valence-electron chi connectivity index (χ4n) is 1.99. The minimum atomic E-state index is -0.454. The maximum atomic E-state index is 13.6. The summed E-state index contributed by atoms with van der Waals surface area (Å²) < 4.78 is 23.4. The molecule has 0 aromatic heterocycles. The number of ether oxygens (including phenoxy) is 2. The number of methoxy groups -OCH3 is 2. The lowest BCUT2D eigenvalue weighted by Crippen LogP contribution is -2.20. The van der Waals surface area contributed by atoms with Crippen molar-refractivity contribution in [1.82, 2.24) is 5.32 Å². The molecule has 92 valence electrons. The van der Waals surface area contributed by atoms with E-state index in [0.29, 0.717) is 24.2 Å². The molecule has 0 aliphatic carbocycles. The third kappa shape index (κ3) is 2.10. The van der Waals surface area contributed by atoms with Gasteiger partial charge in [0.05, 0.1) is 13.2 Å². The predicted octanol–water partition coefficient (Wildman–Crippen LogP) is 1.66. The Hall–Kier alpha value is -1.62. The number of carbonyl (C=O) groups excluding carboxylic acids is 1. The molecule has 0 saturated heterocycles. The van der Waals surface area contributed by atoms with Crippen LogP contribution >= 0.6 is 0 Å². The van der Waals surface area contributed by atoms with Crippen LogP contribution in [0.1, 0.15) is 28.4 Å². The van der Waals surface area contributed by atoms with E-state index in [0.717, 1.165) is 0 Å². The van der Waals surface area contributed by atoms with Gasteiger partial charge in [0.1, 0.15) is 0 Å². The molecule has 0 radical (unpaired) electrons. The number of hydrogen-bond donors (Lipinski definition) is 1. The van der Waals surface area contributed by atoms with E-state index < -0.39 is 5.82 Å². The molecular weight excluding hydrogens is 225 g/mol. The summed E-state index contributed by atoms with van der Waals surface area (Å²) in [6, 6.07) is 2.61. The van der Waals surface area contributed by atoms with Crippen LogP contribution in [0.15, 0.2) is 12.1 Å². The van der Waals surface area contributed by atoms with Crippen LogP contribution in [0.4, 0.5) is 4.39 Å². The molecule has 1 amide bonds. The topological polar surface area (TPSA) is 47.6 Å². The molecule has 1 N–H and O–H groups in total. The number of carbonyl (C=O) groups is 1. The van der Waals surface area contributed by atoms with Gasteiger partial charge < -0.3 is 14.8 Å². The number of amides is 1. The molecular formula is C12H14FNO3. The minimum absolute atomic E-state index is 0.0892. The van der Waals surface area contributed by atoms with Crippen LogP contribution in [0.25, 0.3) is 0 Å². The number of fused-ring (bicyclic) bond motifs is 1. The first-order valence-corrected chi connectivity index (χ1v) is 5.34. The second-order valence-corrected chi connectivity index (χ2v) is 3.88. The van der Waals surface area contributed by atoms with Gasteiger partial charge in [-0.1, -0.05) is 0 Å². The van der Waals surface area contributed by atoms with Gasteiger partial charge in [-0.25, -0.2) is 4.39 Å². The van der Waals surface area contributed by atoms with Gasteiger partial charge >= 0.3 is 0 Å². The highest BCUT2D eigenvalue weighted by atomic mass is 19.1. The van der Waals surface area contributed by atoms with Gasteiger partial charge in [0.25, 0.3) is 5.91 Å². The first-order valence-electron chi connectivity index (χ1n) is 5.34. The second-order valence-electron chi connectivity index (χ2n) is 3.88. The second kappa shape index (κ2) is 4.71. The van der Waals surface area contributed by atoms with Crippen LogP contribution in [-0.2, 0) is 4.74 Å². The van der Waals surface area contributed by atoms with Crippen molar-refractivity contribution in [3.05, 3.63) is 29.1 Å². The lowest BCUT2D eigenvalue weighted by atomic mass is 10.0. The number of benzene rings is 1. The van der Waals surface area contributed by atoms with Crippen molar-refractivity contribution < 1.29 is 18.7 Å². The summed E-state index contributed by atoms with van der Waals surface area (Å²) in [7, 11) is 2.96. The fourth-order valence-corrected chi connectivity index (χ4v) is 1.99. The Kier molecular flexibility index (Phi) is 3.28. The van der Waals surface area contributed by atoms with E-state index in [1.165, 1.54) is 19.2 Å². The molecule has 1 aromatic carbocycles. The smallest absolute Gasteiger partial charge is 0.252 e. The third-order valence-corrected chi connectivity index (χ3v) is 2.86. The first kappa shape index (κ1) is 11.9. The molecule has 1 atom stereocenters. The molecule has 1 heterocycles. The summed E-state index contributed by atoms with van der Waals surface area (Å²) >= 11 is 0. The average Bonchev–Trinajstić information content (AvgIpc) is 2.62. The standard InChI is InChI=1S/C12H14FNO3/c1-16-4-3-10-7-5-9(13)11(17-2)6-8(7)12(15)14-10/h5-6,10H,3-4H2,1-2H3,(H,14,15). The quantitative estimate of drug-likeness (QED) is 0.869. The molecule has 5 heteroatoms. The summed E-state index contributed by atoms with van der Waals surface area (Å²) in [5.74, 6) is -0.559. The molecule has 0 spiro atoms. The summed E-state index contributed by atoms with van der Waals surface area (Å²) in [6.07, 6.45) is 0.626.